The molecule has 2 aromatic carbocycles. The largest absolute Gasteiger partial charge is 0.506 e. The Morgan fingerprint density at radius 1 is 1.12 bits per heavy atom. The minimum absolute atomic E-state index is 0.0221. The fourth-order valence-corrected chi connectivity index (χ4v) is 3.59. The Hall–Kier alpha value is -3.52. The molecule has 4 rings (SSSR count). The number of hydrogen-bond donors (Lipinski definition) is 2. The zero-order chi connectivity index (χ0) is 18.1. The number of rotatable bonds is 4. The normalized spacial score (nSPS) is 10.8. The van der Waals surface area contributed by atoms with E-state index in [0.29, 0.717) is 17.1 Å². The predicted octanol–water partition coefficient (Wildman–Crippen LogP) is 4.72. The SMILES string of the molecule is O=[N+]([O-])c1cccc(-c2csc3ncnc(Nc4ccccc4O)c23)c1. The molecule has 0 unspecified atom stereocenters. The molecule has 0 bridgehead atoms. The first-order valence-electron chi connectivity index (χ1n) is 7.65. The van der Waals surface area contributed by atoms with E-state index in [2.05, 4.69) is 15.3 Å². The lowest BCUT2D eigenvalue weighted by molar-refractivity contribution is -0.384. The molecule has 0 radical (unpaired) electrons. The number of nitro groups is 1. The number of benzene rings is 2. The zero-order valence-corrected chi connectivity index (χ0v) is 14.1. The van der Waals surface area contributed by atoms with Gasteiger partial charge in [0.25, 0.3) is 5.69 Å². The summed E-state index contributed by atoms with van der Waals surface area (Å²) in [6.07, 6.45) is 1.44. The molecule has 0 fully saturated rings. The van der Waals surface area contributed by atoms with E-state index in [1.165, 1.54) is 29.8 Å². The molecule has 0 saturated heterocycles. The molecule has 0 aliphatic heterocycles. The van der Waals surface area contributed by atoms with Gasteiger partial charge in [0.1, 0.15) is 22.7 Å². The number of anilines is 2. The third-order valence-electron chi connectivity index (χ3n) is 3.90. The lowest BCUT2D eigenvalue weighted by Gasteiger charge is -2.09. The van der Waals surface area contributed by atoms with Gasteiger partial charge in [-0.3, -0.25) is 10.1 Å². The second kappa shape index (κ2) is 6.41. The lowest BCUT2D eigenvalue weighted by atomic mass is 10.1. The van der Waals surface area contributed by atoms with Crippen molar-refractivity contribution in [2.24, 2.45) is 0 Å². The van der Waals surface area contributed by atoms with Gasteiger partial charge >= 0.3 is 0 Å². The van der Waals surface area contributed by atoms with Gasteiger partial charge in [-0.25, -0.2) is 9.97 Å². The smallest absolute Gasteiger partial charge is 0.270 e. The van der Waals surface area contributed by atoms with Crippen LogP contribution < -0.4 is 5.32 Å². The van der Waals surface area contributed by atoms with Crippen LogP contribution in [0.25, 0.3) is 21.3 Å². The maximum atomic E-state index is 11.1. The van der Waals surface area contributed by atoms with Crippen molar-refractivity contribution < 1.29 is 10.0 Å². The van der Waals surface area contributed by atoms with Crippen molar-refractivity contribution in [1.29, 1.82) is 0 Å². The van der Waals surface area contributed by atoms with Gasteiger partial charge in [0.05, 0.1) is 16.0 Å². The van der Waals surface area contributed by atoms with E-state index in [1.807, 2.05) is 11.4 Å². The second-order valence-corrected chi connectivity index (χ2v) is 6.36. The van der Waals surface area contributed by atoms with Crippen molar-refractivity contribution >= 4 is 38.7 Å². The minimum atomic E-state index is -0.421. The summed E-state index contributed by atoms with van der Waals surface area (Å²) in [6.45, 7) is 0. The quantitative estimate of drug-likeness (QED) is 0.309. The molecule has 0 saturated carbocycles. The highest BCUT2D eigenvalue weighted by atomic mass is 32.1. The van der Waals surface area contributed by atoms with Gasteiger partial charge in [0.2, 0.25) is 0 Å². The number of nitrogens with zero attached hydrogens (tertiary/aromatic N) is 3. The molecule has 8 heteroatoms. The predicted molar refractivity (Wildman–Crippen MR) is 101 cm³/mol. The number of fused-ring (bicyclic) bond motifs is 1. The highest BCUT2D eigenvalue weighted by Gasteiger charge is 2.16. The second-order valence-electron chi connectivity index (χ2n) is 5.50. The number of thiophene rings is 1. The minimum Gasteiger partial charge on any atom is -0.506 e. The molecule has 7 nitrogen and oxygen atoms in total. The first-order valence-corrected chi connectivity index (χ1v) is 8.53. The van der Waals surface area contributed by atoms with Gasteiger partial charge in [-0.15, -0.1) is 11.3 Å². The number of non-ortho nitro benzene ring substituents is 1. The van der Waals surface area contributed by atoms with E-state index >= 15 is 0 Å². The average molecular weight is 364 g/mol. The maximum Gasteiger partial charge on any atom is 0.270 e. The molecule has 0 spiro atoms. The zero-order valence-electron chi connectivity index (χ0n) is 13.3. The summed E-state index contributed by atoms with van der Waals surface area (Å²) >= 11 is 1.43. The number of aromatic nitrogens is 2. The number of nitrogens with one attached hydrogen (secondary N) is 1. The van der Waals surface area contributed by atoms with Crippen molar-refractivity contribution in [2.75, 3.05) is 5.32 Å². The first kappa shape index (κ1) is 16.0. The van der Waals surface area contributed by atoms with E-state index in [0.717, 1.165) is 15.8 Å². The third-order valence-corrected chi connectivity index (χ3v) is 4.78. The van der Waals surface area contributed by atoms with E-state index in [1.54, 1.807) is 30.3 Å². The van der Waals surface area contributed by atoms with Crippen LogP contribution in [-0.2, 0) is 0 Å². The summed E-state index contributed by atoms with van der Waals surface area (Å²) < 4.78 is 0. The Kier molecular flexibility index (Phi) is 3.94. The molecule has 0 amide bonds. The van der Waals surface area contributed by atoms with Crippen LogP contribution in [-0.4, -0.2) is 20.0 Å². The summed E-state index contributed by atoms with van der Waals surface area (Å²) in [4.78, 5) is 20.0. The molecular formula is C18H12N4O3S. The first-order chi connectivity index (χ1) is 12.6. The summed E-state index contributed by atoms with van der Waals surface area (Å²) in [6, 6.07) is 13.3. The summed E-state index contributed by atoms with van der Waals surface area (Å²) in [5.41, 5.74) is 2.05. The highest BCUT2D eigenvalue weighted by Crippen LogP contribution is 2.39. The monoisotopic (exact) mass is 364 g/mol. The Balaban J connectivity index is 1.86. The number of nitro benzene ring substituents is 1. The Labute approximate surface area is 151 Å². The van der Waals surface area contributed by atoms with Crippen LogP contribution in [0.4, 0.5) is 17.2 Å². The molecule has 2 N–H and O–H groups in total. The van der Waals surface area contributed by atoms with Gasteiger partial charge in [-0.05, 0) is 17.7 Å². The molecular weight excluding hydrogens is 352 g/mol. The molecule has 0 aliphatic rings. The van der Waals surface area contributed by atoms with Crippen LogP contribution in [0.15, 0.2) is 60.2 Å². The number of phenolic OH excluding ortho intramolecular Hbond substituents is 1. The van der Waals surface area contributed by atoms with Crippen LogP contribution >= 0.6 is 11.3 Å². The van der Waals surface area contributed by atoms with Crippen molar-refractivity contribution in [3.8, 4) is 16.9 Å². The van der Waals surface area contributed by atoms with E-state index < -0.39 is 4.92 Å². The fourth-order valence-electron chi connectivity index (χ4n) is 2.68. The van der Waals surface area contributed by atoms with Gasteiger partial charge in [-0.2, -0.15) is 0 Å². The van der Waals surface area contributed by atoms with Crippen LogP contribution in [0, 0.1) is 10.1 Å². The lowest BCUT2D eigenvalue weighted by Crippen LogP contribution is -1.96. The van der Waals surface area contributed by atoms with Crippen molar-refractivity contribution in [3.05, 3.63) is 70.4 Å². The molecule has 2 heterocycles. The van der Waals surface area contributed by atoms with E-state index in [-0.39, 0.29) is 11.4 Å². The molecule has 2 aromatic heterocycles. The summed E-state index contributed by atoms with van der Waals surface area (Å²) in [5, 5.41) is 26.8. The van der Waals surface area contributed by atoms with Crippen LogP contribution in [0.3, 0.4) is 0 Å². The maximum absolute atomic E-state index is 11.1. The van der Waals surface area contributed by atoms with Crippen molar-refractivity contribution in [3.63, 3.8) is 0 Å². The standard InChI is InChI=1S/C18H12N4O3S/c23-15-7-2-1-6-14(15)21-17-16-13(9-26-18(16)20-10-19-17)11-4-3-5-12(8-11)22(24)25/h1-10,23H,(H,19,20,21). The summed E-state index contributed by atoms with van der Waals surface area (Å²) in [5.74, 6) is 0.630. The van der Waals surface area contributed by atoms with E-state index in [9.17, 15) is 15.2 Å². The third kappa shape index (κ3) is 2.82. The molecule has 26 heavy (non-hydrogen) atoms. The molecule has 4 aromatic rings. The number of phenols is 1. The highest BCUT2D eigenvalue weighted by molar-refractivity contribution is 7.17. The topological polar surface area (TPSA) is 101 Å². The van der Waals surface area contributed by atoms with Gasteiger partial charge < -0.3 is 10.4 Å². The van der Waals surface area contributed by atoms with Crippen LogP contribution in [0.2, 0.25) is 0 Å². The van der Waals surface area contributed by atoms with Crippen LogP contribution in [0.5, 0.6) is 5.75 Å². The Morgan fingerprint density at radius 3 is 2.77 bits per heavy atom. The Morgan fingerprint density at radius 2 is 1.96 bits per heavy atom. The fraction of sp³-hybridized carbons (Fsp3) is 0. The molecule has 128 valence electrons. The van der Waals surface area contributed by atoms with Gasteiger partial charge in [0, 0.05) is 23.1 Å². The van der Waals surface area contributed by atoms with Crippen molar-refractivity contribution in [1.82, 2.24) is 9.97 Å². The number of aromatic hydroxyl groups is 1. The van der Waals surface area contributed by atoms with Crippen LogP contribution in [0.1, 0.15) is 0 Å². The number of para-hydroxylation sites is 2. The molecule has 0 aliphatic carbocycles. The van der Waals surface area contributed by atoms with Gasteiger partial charge in [-0.1, -0.05) is 24.3 Å². The van der Waals surface area contributed by atoms with Gasteiger partial charge in [0.15, 0.2) is 0 Å². The number of hydrogen-bond acceptors (Lipinski definition) is 7. The molecule has 0 atom stereocenters. The van der Waals surface area contributed by atoms with Crippen molar-refractivity contribution in [2.45, 2.75) is 0 Å². The summed E-state index contributed by atoms with van der Waals surface area (Å²) in [7, 11) is 0. The average Bonchev–Trinajstić information content (AvgIpc) is 3.09. The van der Waals surface area contributed by atoms with E-state index in [4.69, 9.17) is 0 Å². The Bertz CT molecular complexity index is 1130.